The molecule has 3 aromatic rings. The number of rotatable bonds is 7. The van der Waals surface area contributed by atoms with E-state index < -0.39 is 10.8 Å². The molecule has 1 aliphatic rings. The number of nitro benzene ring substituents is 1. The SMILES string of the molecule is O=C(Cc1ccc(-n2cccc2)cc1)OCC1CCCN1C(=O)c1ccccc1[N+](=O)[O-]. The molecule has 0 aliphatic carbocycles. The number of hydrogen-bond acceptors (Lipinski definition) is 5. The third-order valence-electron chi connectivity index (χ3n) is 5.59. The molecule has 0 bridgehead atoms. The fraction of sp³-hybridized carbons (Fsp3) is 0.250. The summed E-state index contributed by atoms with van der Waals surface area (Å²) in [5.74, 6) is -0.778. The topological polar surface area (TPSA) is 94.7 Å². The summed E-state index contributed by atoms with van der Waals surface area (Å²) in [6.07, 6.45) is 5.47. The Morgan fingerprint density at radius 1 is 1.03 bits per heavy atom. The van der Waals surface area contributed by atoms with E-state index in [2.05, 4.69) is 0 Å². The highest BCUT2D eigenvalue weighted by molar-refractivity contribution is 5.98. The Balaban J connectivity index is 1.34. The number of nitro groups is 1. The number of aromatic nitrogens is 1. The lowest BCUT2D eigenvalue weighted by molar-refractivity contribution is -0.385. The highest BCUT2D eigenvalue weighted by atomic mass is 16.6. The molecular formula is C24H23N3O5. The Hall–Kier alpha value is -3.94. The first-order chi connectivity index (χ1) is 15.5. The van der Waals surface area contributed by atoms with E-state index in [4.69, 9.17) is 4.74 Å². The van der Waals surface area contributed by atoms with Crippen LogP contribution in [-0.2, 0) is 16.0 Å². The number of ether oxygens (including phenoxy) is 1. The highest BCUT2D eigenvalue weighted by Gasteiger charge is 2.33. The minimum atomic E-state index is -0.556. The predicted molar refractivity (Wildman–Crippen MR) is 118 cm³/mol. The zero-order valence-electron chi connectivity index (χ0n) is 17.4. The number of hydrogen-bond donors (Lipinski definition) is 0. The van der Waals surface area contributed by atoms with Gasteiger partial charge in [-0.15, -0.1) is 0 Å². The molecule has 8 nitrogen and oxygen atoms in total. The average molecular weight is 433 g/mol. The Morgan fingerprint density at radius 3 is 2.47 bits per heavy atom. The molecule has 0 N–H and O–H groups in total. The van der Waals surface area contributed by atoms with Crippen LogP contribution in [0.15, 0.2) is 73.1 Å². The molecule has 4 rings (SSSR count). The average Bonchev–Trinajstić information content (AvgIpc) is 3.50. The maximum absolute atomic E-state index is 12.9. The molecule has 32 heavy (non-hydrogen) atoms. The molecule has 0 saturated carbocycles. The van der Waals surface area contributed by atoms with Crippen molar-refractivity contribution in [1.82, 2.24) is 9.47 Å². The van der Waals surface area contributed by atoms with Crippen molar-refractivity contribution in [3.05, 3.63) is 94.3 Å². The number of para-hydroxylation sites is 1. The van der Waals surface area contributed by atoms with Crippen LogP contribution in [-0.4, -0.2) is 45.5 Å². The monoisotopic (exact) mass is 433 g/mol. The molecule has 1 amide bonds. The van der Waals surface area contributed by atoms with Crippen LogP contribution >= 0.6 is 0 Å². The van der Waals surface area contributed by atoms with E-state index in [1.54, 1.807) is 11.0 Å². The van der Waals surface area contributed by atoms with Gasteiger partial charge in [-0.05, 0) is 48.7 Å². The van der Waals surface area contributed by atoms with E-state index >= 15 is 0 Å². The first-order valence-corrected chi connectivity index (χ1v) is 10.5. The summed E-state index contributed by atoms with van der Waals surface area (Å²) >= 11 is 0. The lowest BCUT2D eigenvalue weighted by Crippen LogP contribution is -2.39. The molecule has 164 valence electrons. The molecule has 1 saturated heterocycles. The third kappa shape index (κ3) is 4.69. The van der Waals surface area contributed by atoms with Crippen LogP contribution < -0.4 is 0 Å². The van der Waals surface area contributed by atoms with Crippen LogP contribution in [0.3, 0.4) is 0 Å². The van der Waals surface area contributed by atoms with E-state index in [1.807, 2.05) is 53.4 Å². The van der Waals surface area contributed by atoms with Gasteiger partial charge in [0, 0.05) is 30.7 Å². The van der Waals surface area contributed by atoms with E-state index in [0.717, 1.165) is 17.7 Å². The molecule has 2 heterocycles. The van der Waals surface area contributed by atoms with Crippen molar-refractivity contribution in [2.75, 3.05) is 13.2 Å². The number of likely N-dealkylation sites (tertiary alicyclic amines) is 1. The van der Waals surface area contributed by atoms with Crippen molar-refractivity contribution < 1.29 is 19.2 Å². The van der Waals surface area contributed by atoms with E-state index in [9.17, 15) is 19.7 Å². The van der Waals surface area contributed by atoms with Gasteiger partial charge in [0.15, 0.2) is 0 Å². The molecule has 1 fully saturated rings. The van der Waals surface area contributed by atoms with Crippen molar-refractivity contribution in [2.45, 2.75) is 25.3 Å². The zero-order chi connectivity index (χ0) is 22.5. The van der Waals surface area contributed by atoms with Gasteiger partial charge in [0.1, 0.15) is 12.2 Å². The minimum Gasteiger partial charge on any atom is -0.463 e. The first-order valence-electron chi connectivity index (χ1n) is 10.5. The number of esters is 1. The summed E-state index contributed by atoms with van der Waals surface area (Å²) < 4.78 is 7.43. The van der Waals surface area contributed by atoms with Crippen LogP contribution in [0.5, 0.6) is 0 Å². The second-order valence-electron chi connectivity index (χ2n) is 7.69. The normalized spacial score (nSPS) is 15.5. The van der Waals surface area contributed by atoms with Gasteiger partial charge >= 0.3 is 5.97 Å². The number of carbonyl (C=O) groups is 2. The van der Waals surface area contributed by atoms with Gasteiger partial charge in [0.05, 0.1) is 17.4 Å². The van der Waals surface area contributed by atoms with Crippen LogP contribution in [0.4, 0.5) is 5.69 Å². The van der Waals surface area contributed by atoms with Gasteiger partial charge in [0.2, 0.25) is 0 Å². The quantitative estimate of drug-likeness (QED) is 0.321. The van der Waals surface area contributed by atoms with Crippen molar-refractivity contribution in [1.29, 1.82) is 0 Å². The fourth-order valence-corrected chi connectivity index (χ4v) is 3.94. The summed E-state index contributed by atoms with van der Waals surface area (Å²) in [6.45, 7) is 0.556. The lowest BCUT2D eigenvalue weighted by atomic mass is 10.1. The molecule has 0 spiro atoms. The molecule has 8 heteroatoms. The van der Waals surface area contributed by atoms with Gasteiger partial charge < -0.3 is 14.2 Å². The molecule has 1 aliphatic heterocycles. The smallest absolute Gasteiger partial charge is 0.310 e. The van der Waals surface area contributed by atoms with Crippen LogP contribution in [0.1, 0.15) is 28.8 Å². The Kier molecular flexibility index (Phi) is 6.30. The Bertz CT molecular complexity index is 1110. The lowest BCUT2D eigenvalue weighted by Gasteiger charge is -2.24. The van der Waals surface area contributed by atoms with Crippen molar-refractivity contribution in [3.63, 3.8) is 0 Å². The van der Waals surface area contributed by atoms with E-state index in [-0.39, 0.29) is 36.3 Å². The summed E-state index contributed by atoms with van der Waals surface area (Å²) in [5.41, 5.74) is 1.68. The fourth-order valence-electron chi connectivity index (χ4n) is 3.94. The van der Waals surface area contributed by atoms with Crippen molar-refractivity contribution in [3.8, 4) is 5.69 Å². The molecule has 1 aromatic heterocycles. The van der Waals surface area contributed by atoms with Gasteiger partial charge in [0.25, 0.3) is 11.6 Å². The zero-order valence-corrected chi connectivity index (χ0v) is 17.4. The van der Waals surface area contributed by atoms with Crippen molar-refractivity contribution in [2.24, 2.45) is 0 Å². The third-order valence-corrected chi connectivity index (χ3v) is 5.59. The molecule has 2 aromatic carbocycles. The van der Waals surface area contributed by atoms with Crippen molar-refractivity contribution >= 4 is 17.6 Å². The minimum absolute atomic E-state index is 0.0542. The molecule has 1 unspecified atom stereocenters. The summed E-state index contributed by atoms with van der Waals surface area (Å²) in [4.78, 5) is 37.6. The van der Waals surface area contributed by atoms with Crippen LogP contribution in [0.25, 0.3) is 5.69 Å². The standard InChI is InChI=1S/C24H23N3O5/c28-23(16-18-9-11-19(12-10-18)25-13-3-4-14-25)32-17-20-6-5-15-26(20)24(29)21-7-1-2-8-22(21)27(30)31/h1-4,7-14,20H,5-6,15-17H2. The van der Waals surface area contributed by atoms with Gasteiger partial charge in [-0.2, -0.15) is 0 Å². The van der Waals surface area contributed by atoms with E-state index in [1.165, 1.54) is 18.2 Å². The maximum atomic E-state index is 12.9. The Labute approximate surface area is 185 Å². The highest BCUT2D eigenvalue weighted by Crippen LogP contribution is 2.25. The summed E-state index contributed by atoms with van der Waals surface area (Å²) in [5, 5.41) is 11.3. The van der Waals surface area contributed by atoms with Crippen LogP contribution in [0.2, 0.25) is 0 Å². The second kappa shape index (κ2) is 9.47. The predicted octanol–water partition coefficient (Wildman–Crippen LogP) is 3.78. The first kappa shape index (κ1) is 21.3. The maximum Gasteiger partial charge on any atom is 0.310 e. The molecular weight excluding hydrogens is 410 g/mol. The van der Waals surface area contributed by atoms with Gasteiger partial charge in [-0.3, -0.25) is 19.7 Å². The van der Waals surface area contributed by atoms with Crippen LogP contribution in [0, 0.1) is 10.1 Å². The summed E-state index contributed by atoms with van der Waals surface area (Å²) in [6, 6.07) is 17.2. The molecule has 1 atom stereocenters. The number of benzene rings is 2. The van der Waals surface area contributed by atoms with Gasteiger partial charge in [-0.25, -0.2) is 0 Å². The molecule has 0 radical (unpaired) electrons. The number of amides is 1. The van der Waals surface area contributed by atoms with Gasteiger partial charge in [-0.1, -0.05) is 24.3 Å². The largest absolute Gasteiger partial charge is 0.463 e. The van der Waals surface area contributed by atoms with E-state index in [0.29, 0.717) is 13.0 Å². The second-order valence-corrected chi connectivity index (χ2v) is 7.69. The number of nitrogens with zero attached hydrogens (tertiary/aromatic N) is 3. The number of carbonyl (C=O) groups excluding carboxylic acids is 2. The Morgan fingerprint density at radius 2 is 1.75 bits per heavy atom. The summed E-state index contributed by atoms with van der Waals surface area (Å²) in [7, 11) is 0.